The van der Waals surface area contributed by atoms with Gasteiger partial charge in [-0.25, -0.2) is 0 Å². The number of rotatable bonds is 6. The molecular weight excluding hydrogens is 342 g/mol. The highest BCUT2D eigenvalue weighted by Gasteiger charge is 2.22. The Labute approximate surface area is 159 Å². The Kier molecular flexibility index (Phi) is 5.13. The Morgan fingerprint density at radius 3 is 2.85 bits per heavy atom. The second kappa shape index (κ2) is 7.70. The number of aryl methyl sites for hydroxylation is 3. The van der Waals surface area contributed by atoms with E-state index >= 15 is 0 Å². The lowest BCUT2D eigenvalue weighted by Gasteiger charge is -2.17. The van der Waals surface area contributed by atoms with Gasteiger partial charge in [0.15, 0.2) is 0 Å². The lowest BCUT2D eigenvalue weighted by atomic mass is 10.2. The van der Waals surface area contributed by atoms with Crippen LogP contribution in [0.4, 0.5) is 0 Å². The lowest BCUT2D eigenvalue weighted by Crippen LogP contribution is -2.22. The van der Waals surface area contributed by atoms with Gasteiger partial charge in [0.2, 0.25) is 0 Å². The van der Waals surface area contributed by atoms with Gasteiger partial charge in [0.05, 0.1) is 23.6 Å². The normalized spacial score (nSPS) is 16.3. The summed E-state index contributed by atoms with van der Waals surface area (Å²) in [4.78, 5) is 2.38. The standard InChI is InChI=1S/C20H27N5O2/c1-3-5-16-6-7-17(27-16)14-24-10-4-11-25-15(13-24)12-18(22-25)20(26)19-8-9-21-23(19)2/h6-9,12,20,26H,3-5,10-11,13-14H2,1-2H3. The first-order valence-electron chi connectivity index (χ1n) is 9.66. The van der Waals surface area contributed by atoms with Crippen molar-refractivity contribution in [1.82, 2.24) is 24.5 Å². The minimum atomic E-state index is -0.757. The molecule has 27 heavy (non-hydrogen) atoms. The Morgan fingerprint density at radius 1 is 1.22 bits per heavy atom. The SMILES string of the molecule is CCCc1ccc(CN2CCCn3nc(C(O)c4ccnn4C)cc3C2)o1. The highest BCUT2D eigenvalue weighted by atomic mass is 16.3. The number of furan rings is 1. The Hall–Kier alpha value is -2.38. The minimum absolute atomic E-state index is 0.679. The molecule has 0 bridgehead atoms. The van der Waals surface area contributed by atoms with Gasteiger partial charge in [0.25, 0.3) is 0 Å². The van der Waals surface area contributed by atoms with E-state index in [1.165, 1.54) is 0 Å². The summed E-state index contributed by atoms with van der Waals surface area (Å²) in [5, 5.41) is 19.5. The number of fused-ring (bicyclic) bond motifs is 1. The number of aliphatic hydroxyl groups excluding tert-OH is 1. The van der Waals surface area contributed by atoms with E-state index in [-0.39, 0.29) is 0 Å². The average Bonchev–Trinajstić information content (AvgIpc) is 3.34. The average molecular weight is 369 g/mol. The molecule has 0 saturated carbocycles. The van der Waals surface area contributed by atoms with Gasteiger partial charge in [0.1, 0.15) is 17.6 Å². The van der Waals surface area contributed by atoms with Crippen LogP contribution in [0.3, 0.4) is 0 Å². The molecule has 1 N–H and O–H groups in total. The smallest absolute Gasteiger partial charge is 0.139 e. The summed E-state index contributed by atoms with van der Waals surface area (Å²) in [6.07, 6.45) is 4.04. The van der Waals surface area contributed by atoms with Gasteiger partial charge in [0, 0.05) is 39.3 Å². The van der Waals surface area contributed by atoms with Crippen molar-refractivity contribution in [1.29, 1.82) is 0 Å². The molecule has 4 rings (SSSR count). The predicted octanol–water partition coefficient (Wildman–Crippen LogP) is 2.65. The van der Waals surface area contributed by atoms with E-state index in [4.69, 9.17) is 4.42 Å². The van der Waals surface area contributed by atoms with E-state index in [1.807, 2.05) is 23.9 Å². The highest BCUT2D eigenvalue weighted by molar-refractivity contribution is 5.22. The predicted molar refractivity (Wildman–Crippen MR) is 101 cm³/mol. The number of hydrogen-bond acceptors (Lipinski definition) is 5. The molecule has 0 aliphatic carbocycles. The molecule has 7 nitrogen and oxygen atoms in total. The molecule has 0 fully saturated rings. The molecular formula is C20H27N5O2. The van der Waals surface area contributed by atoms with Gasteiger partial charge in [-0.2, -0.15) is 10.2 Å². The van der Waals surface area contributed by atoms with E-state index in [1.54, 1.807) is 10.9 Å². The molecule has 0 aromatic carbocycles. The molecule has 0 spiro atoms. The Balaban J connectivity index is 1.48. The fourth-order valence-corrected chi connectivity index (χ4v) is 3.73. The maximum absolute atomic E-state index is 10.7. The molecule has 3 aromatic heterocycles. The van der Waals surface area contributed by atoms with Gasteiger partial charge in [-0.15, -0.1) is 0 Å². The van der Waals surface area contributed by atoms with Gasteiger partial charge in [-0.3, -0.25) is 14.3 Å². The summed E-state index contributed by atoms with van der Waals surface area (Å²) >= 11 is 0. The maximum atomic E-state index is 10.7. The van der Waals surface area contributed by atoms with Crippen molar-refractivity contribution in [3.8, 4) is 0 Å². The fourth-order valence-electron chi connectivity index (χ4n) is 3.73. The van der Waals surface area contributed by atoms with Crippen molar-refractivity contribution in [2.75, 3.05) is 6.54 Å². The minimum Gasteiger partial charge on any atom is -0.465 e. The third-order valence-corrected chi connectivity index (χ3v) is 5.12. The Bertz CT molecular complexity index is 894. The molecule has 7 heteroatoms. The van der Waals surface area contributed by atoms with Crippen molar-refractivity contribution in [2.24, 2.45) is 7.05 Å². The van der Waals surface area contributed by atoms with Gasteiger partial charge in [-0.05, 0) is 37.1 Å². The van der Waals surface area contributed by atoms with Crippen molar-refractivity contribution in [2.45, 2.75) is 51.9 Å². The molecule has 1 atom stereocenters. The maximum Gasteiger partial charge on any atom is 0.139 e. The van der Waals surface area contributed by atoms with Crippen LogP contribution >= 0.6 is 0 Å². The molecule has 1 aliphatic rings. The first-order valence-corrected chi connectivity index (χ1v) is 9.66. The van der Waals surface area contributed by atoms with Crippen molar-refractivity contribution in [3.63, 3.8) is 0 Å². The summed E-state index contributed by atoms with van der Waals surface area (Å²) in [5.74, 6) is 2.08. The molecule has 4 heterocycles. The molecule has 1 aliphatic heterocycles. The Morgan fingerprint density at radius 2 is 2.07 bits per heavy atom. The zero-order valence-electron chi connectivity index (χ0n) is 16.0. The molecule has 0 saturated heterocycles. The van der Waals surface area contributed by atoms with Crippen LogP contribution in [-0.2, 0) is 33.1 Å². The second-order valence-corrected chi connectivity index (χ2v) is 7.25. The van der Waals surface area contributed by atoms with Crippen LogP contribution in [0.2, 0.25) is 0 Å². The van der Waals surface area contributed by atoms with Crippen molar-refractivity contribution < 1.29 is 9.52 Å². The summed E-state index contributed by atoms with van der Waals surface area (Å²) in [5.41, 5.74) is 2.56. The molecule has 0 radical (unpaired) electrons. The summed E-state index contributed by atoms with van der Waals surface area (Å²) in [6.45, 7) is 5.63. The molecule has 144 valence electrons. The van der Waals surface area contributed by atoms with Crippen LogP contribution in [0, 0.1) is 0 Å². The van der Waals surface area contributed by atoms with E-state index in [0.29, 0.717) is 5.69 Å². The first-order chi connectivity index (χ1) is 13.1. The van der Waals surface area contributed by atoms with Crippen LogP contribution in [0.25, 0.3) is 0 Å². The summed E-state index contributed by atoms with van der Waals surface area (Å²) < 4.78 is 9.66. The summed E-state index contributed by atoms with van der Waals surface area (Å²) in [6, 6.07) is 8.01. The van der Waals surface area contributed by atoms with E-state index in [0.717, 1.165) is 68.3 Å². The zero-order chi connectivity index (χ0) is 18.8. The third-order valence-electron chi connectivity index (χ3n) is 5.12. The second-order valence-electron chi connectivity index (χ2n) is 7.25. The molecule has 0 amide bonds. The van der Waals surface area contributed by atoms with Crippen LogP contribution in [0.5, 0.6) is 0 Å². The first kappa shape index (κ1) is 18.0. The van der Waals surface area contributed by atoms with Gasteiger partial charge in [-0.1, -0.05) is 6.92 Å². The quantitative estimate of drug-likeness (QED) is 0.723. The zero-order valence-corrected chi connectivity index (χ0v) is 16.0. The van der Waals surface area contributed by atoms with Gasteiger partial charge >= 0.3 is 0 Å². The van der Waals surface area contributed by atoms with Crippen LogP contribution < -0.4 is 0 Å². The van der Waals surface area contributed by atoms with E-state index in [9.17, 15) is 5.11 Å². The summed E-state index contributed by atoms with van der Waals surface area (Å²) in [7, 11) is 1.83. The third kappa shape index (κ3) is 3.84. The largest absolute Gasteiger partial charge is 0.465 e. The number of nitrogens with zero attached hydrogens (tertiary/aromatic N) is 5. The number of aliphatic hydroxyl groups is 1. The lowest BCUT2D eigenvalue weighted by molar-refractivity contribution is 0.203. The number of aromatic nitrogens is 4. The van der Waals surface area contributed by atoms with Crippen LogP contribution in [-0.4, -0.2) is 36.1 Å². The molecule has 3 aromatic rings. The monoisotopic (exact) mass is 369 g/mol. The van der Waals surface area contributed by atoms with Crippen molar-refractivity contribution in [3.05, 3.63) is 59.1 Å². The number of hydrogen-bond donors (Lipinski definition) is 1. The highest BCUT2D eigenvalue weighted by Crippen LogP contribution is 2.24. The fraction of sp³-hybridized carbons (Fsp3) is 0.500. The topological polar surface area (TPSA) is 72.2 Å². The van der Waals surface area contributed by atoms with Crippen LogP contribution in [0.1, 0.15) is 54.5 Å². The van der Waals surface area contributed by atoms with Gasteiger partial charge < -0.3 is 9.52 Å². The van der Waals surface area contributed by atoms with E-state index in [2.05, 4.69) is 34.2 Å². The molecule has 1 unspecified atom stereocenters. The van der Waals surface area contributed by atoms with Crippen molar-refractivity contribution >= 4 is 0 Å². The van der Waals surface area contributed by atoms with E-state index < -0.39 is 6.10 Å². The van der Waals surface area contributed by atoms with Crippen LogP contribution in [0.15, 0.2) is 34.9 Å².